The molecule has 0 saturated carbocycles. The summed E-state index contributed by atoms with van der Waals surface area (Å²) in [5.41, 5.74) is 1.35. The highest BCUT2D eigenvalue weighted by atomic mass is 35.5. The molecule has 0 saturated heterocycles. The molecule has 16 heavy (non-hydrogen) atoms. The normalized spacial score (nSPS) is 12.1. The molecule has 0 heterocycles. The lowest BCUT2D eigenvalue weighted by Crippen LogP contribution is -2.30. The van der Waals surface area contributed by atoms with Gasteiger partial charge in [0.15, 0.2) is 0 Å². The number of alkyl halides is 1. The maximum absolute atomic E-state index is 11.1. The van der Waals surface area contributed by atoms with Crippen LogP contribution < -0.4 is 5.32 Å². The number of nitrogens with one attached hydrogen (secondary N) is 1. The Balaban J connectivity index is 2.07. The number of halogens is 1. The van der Waals surface area contributed by atoms with Gasteiger partial charge in [0.25, 0.3) is 0 Å². The van der Waals surface area contributed by atoms with Gasteiger partial charge in [-0.2, -0.15) is 0 Å². The molecule has 0 aliphatic rings. The summed E-state index contributed by atoms with van der Waals surface area (Å²) >= 11 is 5.62. The smallest absolute Gasteiger partial charge is 0.237 e. The molecule has 1 unspecified atom stereocenters. The Labute approximate surface area is 102 Å². The van der Waals surface area contributed by atoms with Crippen LogP contribution in [0.4, 0.5) is 0 Å². The van der Waals surface area contributed by atoms with Crippen LogP contribution in [0.5, 0.6) is 0 Å². The van der Waals surface area contributed by atoms with Gasteiger partial charge in [-0.1, -0.05) is 30.3 Å². The van der Waals surface area contributed by atoms with Gasteiger partial charge >= 0.3 is 0 Å². The lowest BCUT2D eigenvalue weighted by molar-refractivity contribution is -0.120. The summed E-state index contributed by atoms with van der Waals surface area (Å²) in [6.45, 7) is 2.39. The molecule has 1 amide bonds. The van der Waals surface area contributed by atoms with Crippen molar-refractivity contribution in [2.45, 2.75) is 31.6 Å². The van der Waals surface area contributed by atoms with E-state index in [1.54, 1.807) is 6.92 Å². The molecular weight excluding hydrogens is 222 g/mol. The number of rotatable bonds is 6. The van der Waals surface area contributed by atoms with Crippen molar-refractivity contribution in [1.82, 2.24) is 5.32 Å². The molecule has 0 spiro atoms. The van der Waals surface area contributed by atoms with Crippen molar-refractivity contribution < 1.29 is 4.79 Å². The monoisotopic (exact) mass is 239 g/mol. The standard InChI is InChI=1S/C13H18ClNO/c1-11(14)13(16)15-10-6-5-9-12-7-3-2-4-8-12/h2-4,7-8,11H,5-6,9-10H2,1H3,(H,15,16). The van der Waals surface area contributed by atoms with E-state index in [9.17, 15) is 4.79 Å². The number of hydrogen-bond donors (Lipinski definition) is 1. The van der Waals surface area contributed by atoms with Crippen molar-refractivity contribution in [3.8, 4) is 0 Å². The van der Waals surface area contributed by atoms with E-state index >= 15 is 0 Å². The van der Waals surface area contributed by atoms with Crippen LogP contribution in [0.1, 0.15) is 25.3 Å². The second kappa shape index (κ2) is 7.29. The third kappa shape index (κ3) is 5.17. The zero-order valence-corrected chi connectivity index (χ0v) is 10.3. The highest BCUT2D eigenvalue weighted by molar-refractivity contribution is 6.30. The predicted molar refractivity (Wildman–Crippen MR) is 67.7 cm³/mol. The maximum atomic E-state index is 11.1. The fourth-order valence-electron chi connectivity index (χ4n) is 1.45. The topological polar surface area (TPSA) is 29.1 Å². The molecule has 0 aliphatic heterocycles. The Morgan fingerprint density at radius 1 is 1.31 bits per heavy atom. The van der Waals surface area contributed by atoms with Crippen molar-refractivity contribution in [2.75, 3.05) is 6.54 Å². The minimum absolute atomic E-state index is 0.0821. The summed E-state index contributed by atoms with van der Waals surface area (Å²) in [6.07, 6.45) is 3.14. The average Bonchev–Trinajstić information content (AvgIpc) is 2.29. The number of benzene rings is 1. The van der Waals surface area contributed by atoms with E-state index in [-0.39, 0.29) is 5.91 Å². The van der Waals surface area contributed by atoms with Gasteiger partial charge < -0.3 is 5.32 Å². The van der Waals surface area contributed by atoms with E-state index in [4.69, 9.17) is 11.6 Å². The van der Waals surface area contributed by atoms with Gasteiger partial charge in [0, 0.05) is 6.54 Å². The molecule has 0 aromatic heterocycles. The molecule has 1 N–H and O–H groups in total. The minimum Gasteiger partial charge on any atom is -0.355 e. The van der Waals surface area contributed by atoms with Gasteiger partial charge in [-0.3, -0.25) is 4.79 Å². The van der Waals surface area contributed by atoms with Crippen LogP contribution in [0.2, 0.25) is 0 Å². The Bertz CT molecular complexity index is 311. The summed E-state index contributed by atoms with van der Waals surface area (Å²) in [5.74, 6) is -0.0821. The molecule has 88 valence electrons. The molecule has 0 bridgehead atoms. The number of carbonyl (C=O) groups excluding carboxylic acids is 1. The Morgan fingerprint density at radius 3 is 2.62 bits per heavy atom. The number of hydrogen-bond acceptors (Lipinski definition) is 1. The summed E-state index contributed by atoms with van der Waals surface area (Å²) in [4.78, 5) is 11.1. The van der Waals surface area contributed by atoms with Crippen LogP contribution in [-0.2, 0) is 11.2 Å². The maximum Gasteiger partial charge on any atom is 0.237 e. The summed E-state index contributed by atoms with van der Waals surface area (Å²) in [5, 5.41) is 2.36. The molecule has 1 rings (SSSR count). The summed E-state index contributed by atoms with van der Waals surface area (Å²) < 4.78 is 0. The lowest BCUT2D eigenvalue weighted by Gasteiger charge is -2.06. The van der Waals surface area contributed by atoms with Gasteiger partial charge in [0.1, 0.15) is 5.38 Å². The zero-order valence-electron chi connectivity index (χ0n) is 9.58. The van der Waals surface area contributed by atoms with Crippen molar-refractivity contribution >= 4 is 17.5 Å². The summed E-state index contributed by atoms with van der Waals surface area (Å²) in [7, 11) is 0. The van der Waals surface area contributed by atoms with Gasteiger partial charge in [-0.15, -0.1) is 11.6 Å². The van der Waals surface area contributed by atoms with Crippen molar-refractivity contribution in [3.63, 3.8) is 0 Å². The number of unbranched alkanes of at least 4 members (excludes halogenated alkanes) is 1. The second-order valence-electron chi connectivity index (χ2n) is 3.85. The van der Waals surface area contributed by atoms with E-state index in [1.165, 1.54) is 5.56 Å². The van der Waals surface area contributed by atoms with E-state index in [2.05, 4.69) is 17.4 Å². The largest absolute Gasteiger partial charge is 0.355 e. The van der Waals surface area contributed by atoms with Gasteiger partial charge in [-0.05, 0) is 31.7 Å². The van der Waals surface area contributed by atoms with Gasteiger partial charge in [0.2, 0.25) is 5.91 Å². The van der Waals surface area contributed by atoms with Crippen molar-refractivity contribution in [3.05, 3.63) is 35.9 Å². The molecule has 1 aromatic carbocycles. The molecule has 1 aromatic rings. The first kappa shape index (κ1) is 13.0. The second-order valence-corrected chi connectivity index (χ2v) is 4.50. The van der Waals surface area contributed by atoms with E-state index < -0.39 is 5.38 Å². The summed E-state index contributed by atoms with van der Waals surface area (Å²) in [6, 6.07) is 10.4. The molecular formula is C13H18ClNO. The fourth-order valence-corrected chi connectivity index (χ4v) is 1.53. The Kier molecular flexibility index (Phi) is 5.94. The molecule has 0 fully saturated rings. The van der Waals surface area contributed by atoms with Crippen molar-refractivity contribution in [2.24, 2.45) is 0 Å². The minimum atomic E-state index is -0.436. The van der Waals surface area contributed by atoms with E-state index in [0.717, 1.165) is 19.3 Å². The van der Waals surface area contributed by atoms with Gasteiger partial charge in [0.05, 0.1) is 0 Å². The average molecular weight is 240 g/mol. The highest BCUT2D eigenvalue weighted by Gasteiger charge is 2.06. The molecule has 2 nitrogen and oxygen atoms in total. The highest BCUT2D eigenvalue weighted by Crippen LogP contribution is 2.03. The molecule has 0 radical (unpaired) electrons. The van der Waals surface area contributed by atoms with E-state index in [1.807, 2.05) is 18.2 Å². The fraction of sp³-hybridized carbons (Fsp3) is 0.462. The third-order valence-corrected chi connectivity index (χ3v) is 2.59. The van der Waals surface area contributed by atoms with Crippen LogP contribution in [0, 0.1) is 0 Å². The van der Waals surface area contributed by atoms with Crippen LogP contribution in [0.25, 0.3) is 0 Å². The first-order valence-electron chi connectivity index (χ1n) is 5.66. The number of carbonyl (C=O) groups is 1. The first-order valence-corrected chi connectivity index (χ1v) is 6.09. The molecule has 0 aliphatic carbocycles. The SMILES string of the molecule is CC(Cl)C(=O)NCCCCc1ccccc1. The Morgan fingerprint density at radius 2 is 2.00 bits per heavy atom. The third-order valence-electron chi connectivity index (χ3n) is 2.40. The lowest BCUT2D eigenvalue weighted by atomic mass is 10.1. The van der Waals surface area contributed by atoms with Crippen molar-refractivity contribution in [1.29, 1.82) is 0 Å². The quantitative estimate of drug-likeness (QED) is 0.600. The van der Waals surface area contributed by atoms with Crippen LogP contribution in [0.3, 0.4) is 0 Å². The Hall–Kier alpha value is -1.02. The first-order chi connectivity index (χ1) is 7.70. The molecule has 3 heteroatoms. The number of amides is 1. The van der Waals surface area contributed by atoms with Crippen LogP contribution in [0.15, 0.2) is 30.3 Å². The van der Waals surface area contributed by atoms with Crippen LogP contribution >= 0.6 is 11.6 Å². The van der Waals surface area contributed by atoms with Crippen LogP contribution in [-0.4, -0.2) is 17.8 Å². The molecule has 1 atom stereocenters. The van der Waals surface area contributed by atoms with Gasteiger partial charge in [-0.25, -0.2) is 0 Å². The zero-order chi connectivity index (χ0) is 11.8. The van der Waals surface area contributed by atoms with E-state index in [0.29, 0.717) is 6.54 Å². The number of aryl methyl sites for hydroxylation is 1. The predicted octanol–water partition coefficient (Wildman–Crippen LogP) is 2.75.